The molecule has 0 spiro atoms. The number of rotatable bonds is 6. The molecule has 0 aromatic heterocycles. The lowest BCUT2D eigenvalue weighted by atomic mass is 9.68. The van der Waals surface area contributed by atoms with Crippen LogP contribution in [0.4, 0.5) is 17.6 Å². The second-order valence-electron chi connectivity index (χ2n) is 9.37. The fraction of sp³-hybridized carbons (Fsp3) is 0.538. The van der Waals surface area contributed by atoms with E-state index in [1.165, 1.54) is 12.1 Å². The summed E-state index contributed by atoms with van der Waals surface area (Å²) in [5, 5.41) is 0. The smallest absolute Gasteiger partial charge is 0.210 e. The van der Waals surface area contributed by atoms with E-state index in [1.807, 2.05) is 0 Å². The molecule has 32 heavy (non-hydrogen) atoms. The first-order valence-corrected chi connectivity index (χ1v) is 12.8. The second-order valence-corrected chi connectivity index (χ2v) is 10.9. The average Bonchev–Trinajstić information content (AvgIpc) is 2.85. The predicted octanol–water partition coefficient (Wildman–Crippen LogP) is 7.49. The van der Waals surface area contributed by atoms with Crippen molar-refractivity contribution in [1.82, 2.24) is 0 Å². The second kappa shape index (κ2) is 10.5. The Kier molecular flexibility index (Phi) is 7.70. The van der Waals surface area contributed by atoms with Gasteiger partial charge in [-0.25, -0.2) is 17.6 Å². The van der Waals surface area contributed by atoms with Gasteiger partial charge >= 0.3 is 0 Å². The van der Waals surface area contributed by atoms with Gasteiger partial charge in [-0.15, -0.1) is 0 Å². The van der Waals surface area contributed by atoms with E-state index < -0.39 is 34.1 Å². The summed E-state index contributed by atoms with van der Waals surface area (Å²) >= 11 is 0. The number of alkyl halides is 2. The average molecular weight is 467 g/mol. The number of hydrogen-bond donors (Lipinski definition) is 0. The van der Waals surface area contributed by atoms with Crippen molar-refractivity contribution in [3.63, 3.8) is 0 Å². The van der Waals surface area contributed by atoms with Gasteiger partial charge in [0.25, 0.3) is 0 Å². The number of benzene rings is 2. The van der Waals surface area contributed by atoms with Crippen LogP contribution in [-0.2, 0) is 10.8 Å². The third kappa shape index (κ3) is 5.27. The summed E-state index contributed by atoms with van der Waals surface area (Å²) in [5.41, 5.74) is -1.13. The van der Waals surface area contributed by atoms with E-state index in [1.54, 1.807) is 36.4 Å². The molecule has 0 saturated heterocycles. The molecule has 0 N–H and O–H groups in total. The van der Waals surface area contributed by atoms with Crippen molar-refractivity contribution in [3.05, 3.63) is 65.7 Å². The molecule has 2 fully saturated rings. The number of halogens is 4. The Hall–Kier alpha value is -1.69. The fourth-order valence-corrected chi connectivity index (χ4v) is 6.79. The van der Waals surface area contributed by atoms with E-state index in [0.29, 0.717) is 29.6 Å². The Labute approximate surface area is 190 Å². The number of hydrogen-bond acceptors (Lipinski definition) is 1. The van der Waals surface area contributed by atoms with Gasteiger partial charge in [0, 0.05) is 4.90 Å². The van der Waals surface area contributed by atoms with Gasteiger partial charge in [-0.05, 0) is 105 Å². The van der Waals surface area contributed by atoms with E-state index >= 15 is 0 Å². The zero-order chi connectivity index (χ0) is 22.7. The van der Waals surface area contributed by atoms with Crippen LogP contribution in [-0.4, -0.2) is 15.9 Å². The van der Waals surface area contributed by atoms with Gasteiger partial charge in [-0.1, -0.05) is 24.3 Å². The highest BCUT2D eigenvalue weighted by Crippen LogP contribution is 2.45. The molecule has 2 aromatic rings. The summed E-state index contributed by atoms with van der Waals surface area (Å²) in [7, 11) is -1.99. The lowest BCUT2D eigenvalue weighted by Gasteiger charge is -2.38. The first-order chi connectivity index (χ1) is 15.4. The SMILES string of the molecule is O=S(c1ccccc1)[C@@H](F)[C@H](F)C1CCC(C2CCC(c3ccc(F)c(F)c3)CC2)CC1. The monoisotopic (exact) mass is 466 g/mol. The molecule has 0 aliphatic heterocycles. The topological polar surface area (TPSA) is 17.1 Å². The molecule has 2 aliphatic rings. The Morgan fingerprint density at radius 3 is 1.94 bits per heavy atom. The minimum Gasteiger partial charge on any atom is -0.251 e. The highest BCUT2D eigenvalue weighted by molar-refractivity contribution is 7.85. The van der Waals surface area contributed by atoms with Gasteiger partial charge in [-0.2, -0.15) is 0 Å². The molecule has 1 nitrogen and oxygen atoms in total. The molecule has 4 rings (SSSR count). The summed E-state index contributed by atoms with van der Waals surface area (Å²) in [6.07, 6.45) is 5.24. The quantitative estimate of drug-likeness (QED) is 0.403. The molecule has 3 atom stereocenters. The third-order valence-corrected chi connectivity index (χ3v) is 8.96. The molecular formula is C26H30F4OS. The molecule has 0 radical (unpaired) electrons. The predicted molar refractivity (Wildman–Crippen MR) is 119 cm³/mol. The molecule has 0 heterocycles. The van der Waals surface area contributed by atoms with Crippen LogP contribution in [0.1, 0.15) is 62.8 Å². The van der Waals surface area contributed by atoms with Gasteiger partial charge in [-0.3, -0.25) is 4.21 Å². The standard InChI is InChI=1S/C26H30F4OS/c27-23-15-14-21(16-24(23)28)19-8-6-17(7-9-19)18-10-12-20(13-11-18)25(29)26(30)32(31)22-4-2-1-3-5-22/h1-5,14-20,25-26H,6-13H2/t17?,18?,19?,20?,25-,26-,32?/m1/s1. The lowest BCUT2D eigenvalue weighted by molar-refractivity contribution is 0.0899. The summed E-state index contributed by atoms with van der Waals surface area (Å²) in [6.45, 7) is 0. The van der Waals surface area contributed by atoms with Crippen molar-refractivity contribution in [2.75, 3.05) is 0 Å². The maximum atomic E-state index is 14.9. The molecular weight excluding hydrogens is 436 g/mol. The van der Waals surface area contributed by atoms with Crippen LogP contribution in [0.25, 0.3) is 0 Å². The normalized spacial score (nSPS) is 29.2. The van der Waals surface area contributed by atoms with E-state index in [-0.39, 0.29) is 11.8 Å². The summed E-state index contributed by atoms with van der Waals surface area (Å²) in [6, 6.07) is 12.5. The molecule has 2 saturated carbocycles. The van der Waals surface area contributed by atoms with Crippen LogP contribution in [0.15, 0.2) is 53.4 Å². The maximum absolute atomic E-state index is 14.9. The van der Waals surface area contributed by atoms with E-state index in [0.717, 1.165) is 44.1 Å². The van der Waals surface area contributed by atoms with Crippen LogP contribution >= 0.6 is 0 Å². The Bertz CT molecular complexity index is 905. The maximum Gasteiger partial charge on any atom is 0.210 e. The summed E-state index contributed by atoms with van der Waals surface area (Å²) < 4.78 is 68.6. The Balaban J connectivity index is 1.26. The molecule has 2 aliphatic carbocycles. The van der Waals surface area contributed by atoms with Gasteiger partial charge < -0.3 is 0 Å². The van der Waals surface area contributed by atoms with Crippen LogP contribution in [0.5, 0.6) is 0 Å². The third-order valence-electron chi connectivity index (χ3n) is 7.55. The minimum atomic E-state index is -1.99. The van der Waals surface area contributed by atoms with Crippen molar-refractivity contribution >= 4 is 10.8 Å². The van der Waals surface area contributed by atoms with Gasteiger partial charge in [0.15, 0.2) is 11.6 Å². The highest BCUT2D eigenvalue weighted by Gasteiger charge is 2.38. The van der Waals surface area contributed by atoms with Gasteiger partial charge in [0.05, 0.1) is 10.8 Å². The molecule has 2 aromatic carbocycles. The summed E-state index contributed by atoms with van der Waals surface area (Å²) in [5.74, 6) is -0.672. The van der Waals surface area contributed by atoms with Crippen LogP contribution in [0.3, 0.4) is 0 Å². The Morgan fingerprint density at radius 1 is 0.750 bits per heavy atom. The van der Waals surface area contributed by atoms with Crippen molar-refractivity contribution in [2.24, 2.45) is 17.8 Å². The largest absolute Gasteiger partial charge is 0.251 e. The fourth-order valence-electron chi connectivity index (χ4n) is 5.64. The lowest BCUT2D eigenvalue weighted by Crippen LogP contribution is -2.34. The van der Waals surface area contributed by atoms with Crippen molar-refractivity contribution < 1.29 is 21.8 Å². The highest BCUT2D eigenvalue weighted by atomic mass is 32.2. The molecule has 1 unspecified atom stereocenters. The van der Waals surface area contributed by atoms with Crippen molar-refractivity contribution in [3.8, 4) is 0 Å². The van der Waals surface area contributed by atoms with Gasteiger partial charge in [0.2, 0.25) is 5.50 Å². The van der Waals surface area contributed by atoms with Gasteiger partial charge in [0.1, 0.15) is 6.17 Å². The van der Waals surface area contributed by atoms with Crippen LogP contribution in [0.2, 0.25) is 0 Å². The van der Waals surface area contributed by atoms with Crippen LogP contribution < -0.4 is 0 Å². The first kappa shape index (κ1) is 23.5. The summed E-state index contributed by atoms with van der Waals surface area (Å²) in [4.78, 5) is 0.328. The van der Waals surface area contributed by atoms with E-state index in [4.69, 9.17) is 0 Å². The first-order valence-electron chi connectivity index (χ1n) is 11.6. The molecule has 0 amide bonds. The minimum absolute atomic E-state index is 0.258. The van der Waals surface area contributed by atoms with Crippen molar-refractivity contribution in [2.45, 2.75) is 73.9 Å². The molecule has 174 valence electrons. The molecule has 0 bridgehead atoms. The Morgan fingerprint density at radius 2 is 1.34 bits per heavy atom. The van der Waals surface area contributed by atoms with Crippen LogP contribution in [0, 0.1) is 29.4 Å². The molecule has 6 heteroatoms. The zero-order valence-electron chi connectivity index (χ0n) is 18.1. The van der Waals surface area contributed by atoms with E-state index in [2.05, 4.69) is 0 Å². The van der Waals surface area contributed by atoms with Crippen molar-refractivity contribution in [1.29, 1.82) is 0 Å². The van der Waals surface area contributed by atoms with E-state index in [9.17, 15) is 21.8 Å². The zero-order valence-corrected chi connectivity index (χ0v) is 18.9.